The van der Waals surface area contributed by atoms with Gasteiger partial charge in [0.2, 0.25) is 0 Å². The van der Waals surface area contributed by atoms with Crippen LogP contribution in [0.15, 0.2) is 4.47 Å². The Morgan fingerprint density at radius 2 is 2.29 bits per heavy atom. The van der Waals surface area contributed by atoms with Crippen LogP contribution in [0.25, 0.3) is 0 Å². The predicted molar refractivity (Wildman–Crippen MR) is 91.1 cm³/mol. The molecule has 2 heterocycles. The average molecular weight is 374 g/mol. The lowest BCUT2D eigenvalue weighted by Crippen LogP contribution is -2.39. The lowest BCUT2D eigenvalue weighted by atomic mass is 10.1. The molecule has 0 amide bonds. The summed E-state index contributed by atoms with van der Waals surface area (Å²) in [5.41, 5.74) is 1.12. The zero-order chi connectivity index (χ0) is 15.4. The van der Waals surface area contributed by atoms with Gasteiger partial charge in [-0.05, 0) is 41.2 Å². The third kappa shape index (κ3) is 4.58. The van der Waals surface area contributed by atoms with Crippen molar-refractivity contribution >= 4 is 28.1 Å². The van der Waals surface area contributed by atoms with Crippen LogP contribution in [-0.2, 0) is 11.2 Å². The minimum absolute atomic E-state index is 0.00832. The molecular formula is C15H24BrN3OS. The van der Waals surface area contributed by atoms with Gasteiger partial charge in [0, 0.05) is 18.8 Å². The lowest BCUT2D eigenvalue weighted by molar-refractivity contribution is -0.0343. The number of H-pyrrole nitrogens is 1. The molecule has 21 heavy (non-hydrogen) atoms. The van der Waals surface area contributed by atoms with Crippen molar-refractivity contribution in [2.75, 3.05) is 26.2 Å². The number of ether oxygens (including phenoxy) is 1. The summed E-state index contributed by atoms with van der Waals surface area (Å²) in [6.07, 6.45) is 2.10. The summed E-state index contributed by atoms with van der Waals surface area (Å²) in [6.45, 7) is 10.3. The van der Waals surface area contributed by atoms with Gasteiger partial charge in [0.25, 0.3) is 0 Å². The highest BCUT2D eigenvalue weighted by Crippen LogP contribution is 2.24. The van der Waals surface area contributed by atoms with E-state index in [9.17, 15) is 0 Å². The van der Waals surface area contributed by atoms with Gasteiger partial charge in [-0.15, -0.1) is 0 Å². The quantitative estimate of drug-likeness (QED) is 0.794. The van der Waals surface area contributed by atoms with Crippen molar-refractivity contribution in [3.8, 4) is 0 Å². The minimum Gasteiger partial charge on any atom is -0.368 e. The molecule has 2 rings (SSSR count). The summed E-state index contributed by atoms with van der Waals surface area (Å²) in [7, 11) is 0. The Morgan fingerprint density at radius 3 is 2.95 bits per heavy atom. The standard InChI is InChI=1S/C15H24BrN3OS/c1-4-5-19-6-7-20-12(9-19)14-17-11(8-10(2)3)13(16)15(21)18-14/h10,12H,4-9H2,1-3H3,(H,17,18,21). The molecule has 0 aliphatic carbocycles. The summed E-state index contributed by atoms with van der Waals surface area (Å²) in [5, 5.41) is 0. The van der Waals surface area contributed by atoms with Crippen molar-refractivity contribution in [1.29, 1.82) is 0 Å². The number of nitrogens with one attached hydrogen (secondary N) is 1. The number of nitrogens with zero attached hydrogens (tertiary/aromatic N) is 2. The smallest absolute Gasteiger partial charge is 0.144 e. The van der Waals surface area contributed by atoms with E-state index in [1.807, 2.05) is 0 Å². The molecule has 1 saturated heterocycles. The molecule has 1 N–H and O–H groups in total. The van der Waals surface area contributed by atoms with Crippen molar-refractivity contribution in [1.82, 2.24) is 14.9 Å². The fourth-order valence-corrected chi connectivity index (χ4v) is 3.18. The second-order valence-corrected chi connectivity index (χ2v) is 7.16. The molecule has 0 radical (unpaired) electrons. The maximum Gasteiger partial charge on any atom is 0.144 e. The number of rotatable bonds is 5. The van der Waals surface area contributed by atoms with Crippen LogP contribution in [0.1, 0.15) is 44.8 Å². The van der Waals surface area contributed by atoms with Gasteiger partial charge in [0.1, 0.15) is 16.6 Å². The van der Waals surface area contributed by atoms with Crippen LogP contribution < -0.4 is 0 Å². The van der Waals surface area contributed by atoms with E-state index in [4.69, 9.17) is 17.0 Å². The lowest BCUT2D eigenvalue weighted by Gasteiger charge is -2.32. The maximum atomic E-state index is 5.90. The number of aromatic amines is 1. The van der Waals surface area contributed by atoms with Crippen LogP contribution in [0.2, 0.25) is 0 Å². The van der Waals surface area contributed by atoms with E-state index in [0.29, 0.717) is 10.6 Å². The Hall–Kier alpha value is -0.300. The van der Waals surface area contributed by atoms with Crippen molar-refractivity contribution in [2.45, 2.75) is 39.7 Å². The van der Waals surface area contributed by atoms with Gasteiger partial charge in [-0.1, -0.05) is 33.0 Å². The van der Waals surface area contributed by atoms with Gasteiger partial charge < -0.3 is 9.72 Å². The van der Waals surface area contributed by atoms with Crippen LogP contribution in [-0.4, -0.2) is 41.1 Å². The van der Waals surface area contributed by atoms with Crippen LogP contribution in [0.4, 0.5) is 0 Å². The predicted octanol–water partition coefficient (Wildman–Crippen LogP) is 3.88. The number of morpholine rings is 1. The van der Waals surface area contributed by atoms with Crippen LogP contribution in [0, 0.1) is 10.6 Å². The minimum atomic E-state index is -0.00832. The molecule has 0 aromatic carbocycles. The fourth-order valence-electron chi connectivity index (χ4n) is 2.61. The number of aromatic nitrogens is 2. The molecule has 1 unspecified atom stereocenters. The van der Waals surface area contributed by atoms with E-state index < -0.39 is 0 Å². The number of halogens is 1. The van der Waals surface area contributed by atoms with Crippen LogP contribution in [0.3, 0.4) is 0 Å². The Labute approximate surface area is 140 Å². The van der Waals surface area contributed by atoms with Gasteiger partial charge in [-0.25, -0.2) is 4.98 Å². The molecule has 6 heteroatoms. The van der Waals surface area contributed by atoms with Gasteiger partial charge in [-0.2, -0.15) is 0 Å². The third-order valence-corrected chi connectivity index (χ3v) is 4.97. The second-order valence-electron chi connectivity index (χ2n) is 5.98. The molecular weight excluding hydrogens is 350 g/mol. The van der Waals surface area contributed by atoms with Crippen molar-refractivity contribution in [2.24, 2.45) is 5.92 Å². The molecule has 1 aromatic rings. The monoisotopic (exact) mass is 373 g/mol. The molecule has 1 atom stereocenters. The first-order valence-electron chi connectivity index (χ1n) is 7.63. The molecule has 0 spiro atoms. The fraction of sp³-hybridized carbons (Fsp3) is 0.733. The highest BCUT2D eigenvalue weighted by molar-refractivity contribution is 9.10. The zero-order valence-corrected chi connectivity index (χ0v) is 15.4. The van der Waals surface area contributed by atoms with Gasteiger partial charge in [0.05, 0.1) is 11.1 Å². The molecule has 4 nitrogen and oxygen atoms in total. The highest BCUT2D eigenvalue weighted by Gasteiger charge is 2.24. The maximum absolute atomic E-state index is 5.90. The molecule has 1 aromatic heterocycles. The molecule has 1 fully saturated rings. The highest BCUT2D eigenvalue weighted by atomic mass is 79.9. The summed E-state index contributed by atoms with van der Waals surface area (Å²) in [4.78, 5) is 10.4. The molecule has 1 aliphatic rings. The summed E-state index contributed by atoms with van der Waals surface area (Å²) in [5.74, 6) is 1.42. The third-order valence-electron chi connectivity index (χ3n) is 3.56. The number of hydrogen-bond acceptors (Lipinski definition) is 4. The van der Waals surface area contributed by atoms with Gasteiger partial charge in [0.15, 0.2) is 0 Å². The van der Waals surface area contributed by atoms with Crippen molar-refractivity contribution in [3.63, 3.8) is 0 Å². The molecule has 1 aliphatic heterocycles. The van der Waals surface area contributed by atoms with E-state index >= 15 is 0 Å². The average Bonchev–Trinajstić information content (AvgIpc) is 2.44. The van der Waals surface area contributed by atoms with Gasteiger partial charge in [-0.3, -0.25) is 4.90 Å². The molecule has 0 bridgehead atoms. The van der Waals surface area contributed by atoms with Crippen molar-refractivity contribution in [3.05, 3.63) is 20.6 Å². The van der Waals surface area contributed by atoms with E-state index in [2.05, 4.69) is 51.6 Å². The van der Waals surface area contributed by atoms with E-state index in [-0.39, 0.29) is 6.10 Å². The Bertz CT molecular complexity index is 530. The SMILES string of the molecule is CCCN1CCOC(c2nc(=S)c(Br)c(CC(C)C)[nH]2)C1. The number of hydrogen-bond donors (Lipinski definition) is 1. The van der Waals surface area contributed by atoms with Crippen molar-refractivity contribution < 1.29 is 4.74 Å². The first kappa shape index (κ1) is 17.1. The Morgan fingerprint density at radius 1 is 1.52 bits per heavy atom. The Kier molecular flexibility index (Phi) is 6.34. The van der Waals surface area contributed by atoms with E-state index in [0.717, 1.165) is 55.1 Å². The van der Waals surface area contributed by atoms with Crippen LogP contribution >= 0.6 is 28.1 Å². The van der Waals surface area contributed by atoms with E-state index in [1.54, 1.807) is 0 Å². The largest absolute Gasteiger partial charge is 0.368 e. The first-order chi connectivity index (χ1) is 10.0. The topological polar surface area (TPSA) is 41.1 Å². The normalized spacial score (nSPS) is 20.1. The second kappa shape index (κ2) is 7.81. The molecule has 118 valence electrons. The summed E-state index contributed by atoms with van der Waals surface area (Å²) >= 11 is 8.94. The first-order valence-corrected chi connectivity index (χ1v) is 8.84. The summed E-state index contributed by atoms with van der Waals surface area (Å²) < 4.78 is 7.43. The molecule has 0 saturated carbocycles. The van der Waals surface area contributed by atoms with E-state index in [1.165, 1.54) is 0 Å². The van der Waals surface area contributed by atoms with Crippen LogP contribution in [0.5, 0.6) is 0 Å². The Balaban J connectivity index is 2.22. The zero-order valence-electron chi connectivity index (χ0n) is 13.0. The summed E-state index contributed by atoms with van der Waals surface area (Å²) in [6, 6.07) is 0. The van der Waals surface area contributed by atoms with Gasteiger partial charge >= 0.3 is 0 Å².